The van der Waals surface area contributed by atoms with E-state index in [0.29, 0.717) is 12.2 Å². The van der Waals surface area contributed by atoms with E-state index < -0.39 is 6.15 Å². The van der Waals surface area contributed by atoms with Crippen LogP contribution >= 0.6 is 0 Å². The molecule has 6 aromatic rings. The van der Waals surface area contributed by atoms with Crippen LogP contribution in [-0.2, 0) is 24.2 Å². The number of ether oxygens (including phenoxy) is 1. The van der Waals surface area contributed by atoms with Gasteiger partial charge in [-0.25, -0.2) is 4.79 Å². The minimum absolute atomic E-state index is 0. The van der Waals surface area contributed by atoms with Gasteiger partial charge >= 0.3 is 25.4 Å². The van der Waals surface area contributed by atoms with Crippen LogP contribution in [0.2, 0.25) is 0 Å². The monoisotopic (exact) mass is 706 g/mol. The molecule has 6 aromatic carbocycles. The zero-order valence-electron chi connectivity index (χ0n) is 28.4. The molecule has 0 spiro atoms. The number of rotatable bonds is 6. The third-order valence-electron chi connectivity index (χ3n) is 9.30. The third kappa shape index (κ3) is 8.70. The first kappa shape index (κ1) is 37.1. The van der Waals surface area contributed by atoms with Crippen molar-refractivity contribution in [1.82, 2.24) is 0 Å². The molecule has 0 amide bonds. The molecule has 0 atom stereocenters. The Morgan fingerprint density at radius 3 is 1.04 bits per heavy atom. The minimum atomic E-state index is -1.22. The third-order valence-corrected chi connectivity index (χ3v) is 9.30. The number of benzene rings is 5. The van der Waals surface area contributed by atoms with Gasteiger partial charge in [-0.2, -0.15) is 49.7 Å². The summed E-state index contributed by atoms with van der Waals surface area (Å²) in [4.78, 5) is 11.0. The van der Waals surface area contributed by atoms with Crippen molar-refractivity contribution < 1.29 is 29.0 Å². The number of esters is 1. The summed E-state index contributed by atoms with van der Waals surface area (Å²) in [5, 5.41) is 0. The molecule has 6 rings (SSSR count). The fraction of sp³-hybridized carbons (Fsp3) is 0.163. The van der Waals surface area contributed by atoms with Crippen LogP contribution in [0.1, 0.15) is 45.1 Å². The first-order chi connectivity index (χ1) is 22.3. The maximum absolute atomic E-state index is 11.0. The van der Waals surface area contributed by atoms with Crippen molar-refractivity contribution in [1.29, 1.82) is 0 Å². The summed E-state index contributed by atoms with van der Waals surface area (Å²) in [5.74, 6) is -0.256. The van der Waals surface area contributed by atoms with Crippen LogP contribution in [0.5, 0.6) is 0 Å². The molecule has 0 heterocycles. The average molecular weight is 706 g/mol. The smallest absolute Gasteiger partial charge is 0.462 e. The molecular weight excluding hydrogens is 660 g/mol. The predicted molar refractivity (Wildman–Crippen MR) is 198 cm³/mol. The van der Waals surface area contributed by atoms with E-state index in [1.807, 2.05) is 18.2 Å². The Balaban J connectivity index is 0.000000226. The van der Waals surface area contributed by atoms with Gasteiger partial charge in [0.25, 0.3) is 0 Å². The molecule has 0 aliphatic carbocycles. The van der Waals surface area contributed by atoms with Crippen molar-refractivity contribution in [3.63, 3.8) is 0 Å². The van der Waals surface area contributed by atoms with Gasteiger partial charge in [0, 0.05) is 0 Å². The van der Waals surface area contributed by atoms with Gasteiger partial charge in [-0.3, -0.25) is 0 Å². The molecule has 0 aliphatic rings. The van der Waals surface area contributed by atoms with Crippen LogP contribution in [0.3, 0.4) is 0 Å². The Bertz CT molecular complexity index is 1540. The summed E-state index contributed by atoms with van der Waals surface area (Å²) in [6, 6.07) is 52.5. The SMILES string of the molecule is CCOC(=O)c1ccccc1.Cc1c(C)c(C)[c-](C)c1C.[Ru+].c1ccc([B-](c2ccccc2)(c2ccccc2)c2ccccc2)cc1. The van der Waals surface area contributed by atoms with Crippen molar-refractivity contribution >= 4 is 34.0 Å². The molecular formula is C43H45BO2Ru-. The summed E-state index contributed by atoms with van der Waals surface area (Å²) in [6.07, 6.45) is -1.22. The quantitative estimate of drug-likeness (QED) is 0.100. The van der Waals surface area contributed by atoms with E-state index in [9.17, 15) is 4.79 Å². The Labute approximate surface area is 294 Å². The molecule has 0 unspecified atom stereocenters. The Kier molecular flexibility index (Phi) is 14.3. The van der Waals surface area contributed by atoms with Gasteiger partial charge in [-0.05, 0) is 19.1 Å². The van der Waals surface area contributed by atoms with E-state index in [1.54, 1.807) is 19.1 Å². The fourth-order valence-electron chi connectivity index (χ4n) is 6.32. The Morgan fingerprint density at radius 2 is 0.809 bits per heavy atom. The van der Waals surface area contributed by atoms with E-state index in [2.05, 4.69) is 156 Å². The van der Waals surface area contributed by atoms with E-state index in [0.717, 1.165) is 0 Å². The topological polar surface area (TPSA) is 26.3 Å². The van der Waals surface area contributed by atoms with Crippen LogP contribution < -0.4 is 21.9 Å². The standard InChI is InChI=1S/C24H20B.C10H15.C9H10O2.Ru/c1-5-13-21(14-6-1)25(22-15-7-2-8-16-22,23-17-9-3-10-18-23)24-19-11-4-12-20-24;1-6-7(2)9(4)10(5)8(6)3;1-2-11-9(10)8-6-4-3-5-7-8;/h1-20H;1-5H3;3-7H,2H2,1H3;/q2*-1;;+1. The molecule has 2 nitrogen and oxygen atoms in total. The van der Waals surface area contributed by atoms with E-state index in [1.165, 1.54) is 49.7 Å². The molecule has 4 heteroatoms. The molecule has 0 aromatic heterocycles. The predicted octanol–water partition coefficient (Wildman–Crippen LogP) is 7.87. The van der Waals surface area contributed by atoms with Crippen LogP contribution in [0.4, 0.5) is 0 Å². The van der Waals surface area contributed by atoms with Crippen LogP contribution in [0.15, 0.2) is 152 Å². The maximum atomic E-state index is 11.0. The zero-order chi connectivity index (χ0) is 32.9. The van der Waals surface area contributed by atoms with Crippen molar-refractivity contribution in [3.8, 4) is 0 Å². The van der Waals surface area contributed by atoms with Gasteiger partial charge in [0.15, 0.2) is 0 Å². The molecule has 0 saturated heterocycles. The van der Waals surface area contributed by atoms with Gasteiger partial charge < -0.3 is 4.74 Å². The van der Waals surface area contributed by atoms with Crippen molar-refractivity contribution in [3.05, 3.63) is 185 Å². The number of carbonyl (C=O) groups excluding carboxylic acids is 1. The summed E-state index contributed by atoms with van der Waals surface area (Å²) in [6.45, 7) is 13.2. The summed E-state index contributed by atoms with van der Waals surface area (Å²) < 4.78 is 4.79. The first-order valence-corrected chi connectivity index (χ1v) is 16.1. The average Bonchev–Trinajstić information content (AvgIpc) is 3.29. The molecule has 47 heavy (non-hydrogen) atoms. The van der Waals surface area contributed by atoms with Crippen molar-refractivity contribution in [2.45, 2.75) is 41.5 Å². The maximum Gasteiger partial charge on any atom is 1.00 e. The summed E-state index contributed by atoms with van der Waals surface area (Å²) in [7, 11) is 0. The van der Waals surface area contributed by atoms with Crippen LogP contribution in [0.25, 0.3) is 0 Å². The summed E-state index contributed by atoms with van der Waals surface area (Å²) >= 11 is 0. The van der Waals surface area contributed by atoms with Gasteiger partial charge in [-0.15, -0.1) is 0 Å². The van der Waals surface area contributed by atoms with Gasteiger partial charge in [0.2, 0.25) is 0 Å². The molecule has 0 aliphatic heterocycles. The Morgan fingerprint density at radius 1 is 0.532 bits per heavy atom. The molecule has 0 saturated carbocycles. The summed E-state index contributed by atoms with van der Waals surface area (Å²) in [5.41, 5.74) is 13.3. The molecule has 1 radical (unpaired) electrons. The van der Waals surface area contributed by atoms with Gasteiger partial charge in [0.1, 0.15) is 6.15 Å². The van der Waals surface area contributed by atoms with Gasteiger partial charge in [0.05, 0.1) is 12.2 Å². The molecule has 0 fully saturated rings. The molecule has 241 valence electrons. The zero-order valence-corrected chi connectivity index (χ0v) is 30.1. The molecule has 0 N–H and O–H groups in total. The van der Waals surface area contributed by atoms with Gasteiger partial charge in [-0.1, -0.05) is 174 Å². The largest absolute Gasteiger partial charge is 1.00 e. The van der Waals surface area contributed by atoms with E-state index in [4.69, 9.17) is 4.74 Å². The molecule has 0 bridgehead atoms. The second-order valence-electron chi connectivity index (χ2n) is 11.7. The number of hydrogen-bond acceptors (Lipinski definition) is 2. The van der Waals surface area contributed by atoms with Crippen molar-refractivity contribution in [2.24, 2.45) is 0 Å². The normalized spacial score (nSPS) is 10.3. The fourth-order valence-corrected chi connectivity index (χ4v) is 6.32. The number of carbonyl (C=O) groups is 1. The van der Waals surface area contributed by atoms with E-state index >= 15 is 0 Å². The van der Waals surface area contributed by atoms with Crippen LogP contribution in [0, 0.1) is 34.6 Å². The second-order valence-corrected chi connectivity index (χ2v) is 11.7. The first-order valence-electron chi connectivity index (χ1n) is 16.1. The second kappa shape index (κ2) is 18.1. The Hall–Kier alpha value is -4.39. The minimum Gasteiger partial charge on any atom is -0.462 e. The van der Waals surface area contributed by atoms with Crippen LogP contribution in [-0.4, -0.2) is 18.7 Å². The number of hydrogen-bond donors (Lipinski definition) is 0. The van der Waals surface area contributed by atoms with E-state index in [-0.39, 0.29) is 25.4 Å². The van der Waals surface area contributed by atoms with Crippen molar-refractivity contribution in [2.75, 3.05) is 6.61 Å².